The number of carbonyl (C=O) groups is 1. The molecule has 220 valence electrons. The van der Waals surface area contributed by atoms with Gasteiger partial charge in [0.05, 0.1) is 17.9 Å². The van der Waals surface area contributed by atoms with Gasteiger partial charge in [0.25, 0.3) is 0 Å². The van der Waals surface area contributed by atoms with Gasteiger partial charge in [0.2, 0.25) is 5.91 Å². The molecule has 2 aliphatic rings. The second kappa shape index (κ2) is 13.7. The van der Waals surface area contributed by atoms with E-state index in [-0.39, 0.29) is 11.9 Å². The highest BCUT2D eigenvalue weighted by molar-refractivity contribution is 5.94. The molecule has 1 aliphatic heterocycles. The fourth-order valence-electron chi connectivity index (χ4n) is 6.35. The number of likely N-dealkylation sites (tertiary alicyclic amines) is 1. The molecule has 3 aromatic rings. The number of anilines is 1. The van der Waals surface area contributed by atoms with E-state index in [1.54, 1.807) is 6.33 Å². The minimum atomic E-state index is -0.540. The summed E-state index contributed by atoms with van der Waals surface area (Å²) < 4.78 is 30.0. The van der Waals surface area contributed by atoms with Crippen molar-refractivity contribution in [2.24, 2.45) is 0 Å². The summed E-state index contributed by atoms with van der Waals surface area (Å²) in [6, 6.07) is 10.7. The van der Waals surface area contributed by atoms with Crippen LogP contribution in [0, 0.1) is 11.6 Å². The van der Waals surface area contributed by atoms with E-state index in [0.717, 1.165) is 49.8 Å². The van der Waals surface area contributed by atoms with Crippen molar-refractivity contribution >= 4 is 11.7 Å². The minimum Gasteiger partial charge on any atom is -0.311 e. The van der Waals surface area contributed by atoms with Gasteiger partial charge in [-0.25, -0.2) is 13.8 Å². The quantitative estimate of drug-likeness (QED) is 0.290. The molecular formula is C32H42F2N6O. The van der Waals surface area contributed by atoms with Crippen molar-refractivity contribution in [2.45, 2.75) is 83.5 Å². The second-order valence-electron chi connectivity index (χ2n) is 11.3. The smallest absolute Gasteiger partial charge is 0.242 e. The normalized spacial score (nSPS) is 19.7. The number of nitrogens with zero attached hydrogens (tertiary/aromatic N) is 3. The van der Waals surface area contributed by atoms with E-state index in [1.807, 2.05) is 29.8 Å². The van der Waals surface area contributed by atoms with Gasteiger partial charge < -0.3 is 20.5 Å². The number of aromatic nitrogens is 2. The van der Waals surface area contributed by atoms with Crippen molar-refractivity contribution in [3.05, 3.63) is 77.2 Å². The van der Waals surface area contributed by atoms with Crippen molar-refractivity contribution in [2.75, 3.05) is 25.0 Å². The predicted molar refractivity (Wildman–Crippen MR) is 158 cm³/mol. The van der Waals surface area contributed by atoms with E-state index in [2.05, 4.69) is 44.9 Å². The summed E-state index contributed by atoms with van der Waals surface area (Å²) in [6.45, 7) is 8.26. The third-order valence-corrected chi connectivity index (χ3v) is 8.50. The molecule has 3 atom stereocenters. The Hall–Kier alpha value is -3.14. The van der Waals surface area contributed by atoms with Gasteiger partial charge in [-0.3, -0.25) is 9.69 Å². The maximum atomic E-state index is 14.4. The molecule has 0 unspecified atom stereocenters. The number of carbonyl (C=O) groups excluding carboxylic acids is 1. The first-order valence-corrected chi connectivity index (χ1v) is 15.1. The first kappa shape index (κ1) is 29.4. The zero-order chi connectivity index (χ0) is 28.8. The van der Waals surface area contributed by atoms with Crippen LogP contribution in [0.15, 0.2) is 48.9 Å². The minimum absolute atomic E-state index is 0.0599. The molecule has 1 fully saturated rings. The average molecular weight is 565 g/mol. The molecule has 0 saturated carbocycles. The Labute approximate surface area is 241 Å². The molecule has 7 nitrogen and oxygen atoms in total. The van der Waals surface area contributed by atoms with Crippen LogP contribution in [0.5, 0.6) is 0 Å². The molecule has 1 amide bonds. The largest absolute Gasteiger partial charge is 0.311 e. The lowest BCUT2D eigenvalue weighted by Crippen LogP contribution is -2.48. The lowest BCUT2D eigenvalue weighted by molar-refractivity contribution is -0.118. The van der Waals surface area contributed by atoms with Crippen molar-refractivity contribution in [1.29, 1.82) is 0 Å². The van der Waals surface area contributed by atoms with E-state index in [1.165, 1.54) is 31.0 Å². The molecule has 0 bridgehead atoms. The summed E-state index contributed by atoms with van der Waals surface area (Å²) in [5, 5.41) is 10.1. The fourth-order valence-corrected chi connectivity index (χ4v) is 6.35. The molecule has 1 aliphatic carbocycles. The number of para-hydroxylation sites is 1. The monoisotopic (exact) mass is 564 g/mol. The number of likely N-dealkylation sites (N-methyl/N-ethyl adjacent to an activating group) is 1. The molecule has 9 heteroatoms. The van der Waals surface area contributed by atoms with Crippen LogP contribution >= 0.6 is 0 Å². The van der Waals surface area contributed by atoms with Crippen molar-refractivity contribution in [1.82, 2.24) is 25.1 Å². The summed E-state index contributed by atoms with van der Waals surface area (Å²) >= 11 is 0. The average Bonchev–Trinajstić information content (AvgIpc) is 3.63. The number of nitrogens with one attached hydrogen (secondary N) is 3. The number of aryl methyl sites for hydroxylation is 1. The lowest BCUT2D eigenvalue weighted by Gasteiger charge is -2.29. The van der Waals surface area contributed by atoms with Crippen LogP contribution in [0.2, 0.25) is 0 Å². The highest BCUT2D eigenvalue weighted by atomic mass is 19.1. The van der Waals surface area contributed by atoms with Gasteiger partial charge in [-0.1, -0.05) is 38.5 Å². The molecule has 1 aromatic heterocycles. The van der Waals surface area contributed by atoms with E-state index < -0.39 is 17.7 Å². The Morgan fingerprint density at radius 2 is 2.02 bits per heavy atom. The number of imidazole rings is 1. The summed E-state index contributed by atoms with van der Waals surface area (Å²) in [4.78, 5) is 20.3. The topological polar surface area (TPSA) is 74.2 Å². The fraction of sp³-hybridized carbons (Fsp3) is 0.500. The van der Waals surface area contributed by atoms with Gasteiger partial charge in [0.1, 0.15) is 18.0 Å². The highest BCUT2D eigenvalue weighted by Crippen LogP contribution is 2.26. The number of hydrogen-bond acceptors (Lipinski definition) is 5. The number of benzene rings is 2. The van der Waals surface area contributed by atoms with Gasteiger partial charge in [-0.05, 0) is 80.4 Å². The summed E-state index contributed by atoms with van der Waals surface area (Å²) in [6.07, 6.45) is 9.29. The van der Waals surface area contributed by atoms with Crippen LogP contribution < -0.4 is 16.0 Å². The maximum Gasteiger partial charge on any atom is 0.242 e. The van der Waals surface area contributed by atoms with Crippen LogP contribution in [0.1, 0.15) is 62.6 Å². The molecule has 2 aromatic carbocycles. The highest BCUT2D eigenvalue weighted by Gasteiger charge is 2.27. The van der Waals surface area contributed by atoms with Crippen molar-refractivity contribution in [3.8, 4) is 5.69 Å². The Morgan fingerprint density at radius 3 is 2.85 bits per heavy atom. The number of rotatable bonds is 12. The zero-order valence-electron chi connectivity index (χ0n) is 24.1. The maximum absolute atomic E-state index is 14.4. The summed E-state index contributed by atoms with van der Waals surface area (Å²) in [7, 11) is 0. The van der Waals surface area contributed by atoms with Gasteiger partial charge >= 0.3 is 0 Å². The van der Waals surface area contributed by atoms with Crippen LogP contribution in [-0.2, 0) is 24.2 Å². The Balaban J connectivity index is 1.20. The van der Waals surface area contributed by atoms with Crippen LogP contribution in [0.25, 0.3) is 5.69 Å². The van der Waals surface area contributed by atoms with Gasteiger partial charge in [-0.2, -0.15) is 0 Å². The standard InChI is InChI=1S/C32H42F2N6O/c1-3-8-29(37-25-13-12-22-15-24(33)16-28(34)27(22)17-25)32(41)38-31-20-40(21-36-31)30-11-6-5-9-23(30)18-35-19-26-10-7-14-39(26)4-2/h5-6,9,11,15-16,20-21,25-26,29,35,37H,3-4,7-8,10,12-14,17-19H2,1-2H3,(H,38,41)/t25-,26-,29+/m0/s1. The van der Waals surface area contributed by atoms with E-state index in [9.17, 15) is 13.6 Å². The molecule has 2 heterocycles. The van der Waals surface area contributed by atoms with E-state index >= 15 is 0 Å². The van der Waals surface area contributed by atoms with Crippen molar-refractivity contribution in [3.63, 3.8) is 0 Å². The molecule has 0 radical (unpaired) electrons. The zero-order valence-corrected chi connectivity index (χ0v) is 24.1. The molecule has 41 heavy (non-hydrogen) atoms. The SMILES string of the molecule is CCC[C@@H](N[C@H]1CCc2cc(F)cc(F)c2C1)C(=O)Nc1cn(-c2ccccc2CNC[C@@H]2CCCN2CC)cn1. The predicted octanol–water partition coefficient (Wildman–Crippen LogP) is 4.98. The first-order valence-electron chi connectivity index (χ1n) is 15.1. The number of fused-ring (bicyclic) bond motifs is 1. The van der Waals surface area contributed by atoms with Crippen LogP contribution in [0.3, 0.4) is 0 Å². The molecular weight excluding hydrogens is 522 g/mol. The summed E-state index contributed by atoms with van der Waals surface area (Å²) in [5.41, 5.74) is 3.46. The van der Waals surface area contributed by atoms with Crippen LogP contribution in [0.4, 0.5) is 14.6 Å². The lowest BCUT2D eigenvalue weighted by atomic mass is 9.87. The number of amides is 1. The molecule has 5 rings (SSSR count). The third kappa shape index (κ3) is 7.20. The molecule has 3 N–H and O–H groups in total. The van der Waals surface area contributed by atoms with E-state index in [0.29, 0.717) is 36.7 Å². The molecule has 1 saturated heterocycles. The van der Waals surface area contributed by atoms with Gasteiger partial charge in [-0.15, -0.1) is 0 Å². The van der Waals surface area contributed by atoms with Gasteiger partial charge in [0, 0.05) is 31.2 Å². The van der Waals surface area contributed by atoms with Gasteiger partial charge in [0.15, 0.2) is 5.82 Å². The van der Waals surface area contributed by atoms with E-state index in [4.69, 9.17) is 0 Å². The number of hydrogen-bond donors (Lipinski definition) is 3. The first-order chi connectivity index (χ1) is 19.9. The number of halogens is 2. The van der Waals surface area contributed by atoms with Crippen LogP contribution in [-0.4, -0.2) is 58.1 Å². The Kier molecular flexibility index (Phi) is 9.80. The van der Waals surface area contributed by atoms with Crippen molar-refractivity contribution < 1.29 is 13.6 Å². The molecule has 0 spiro atoms. The summed E-state index contributed by atoms with van der Waals surface area (Å²) in [5.74, 6) is -0.720. The Bertz CT molecular complexity index is 1330. The Morgan fingerprint density at radius 1 is 1.17 bits per heavy atom. The third-order valence-electron chi connectivity index (χ3n) is 8.50. The second-order valence-corrected chi connectivity index (χ2v) is 11.3.